The van der Waals surface area contributed by atoms with Crippen LogP contribution in [-0.2, 0) is 6.54 Å². The van der Waals surface area contributed by atoms with E-state index in [9.17, 15) is 0 Å². The lowest BCUT2D eigenvalue weighted by molar-refractivity contribution is 0.388. The lowest BCUT2D eigenvalue weighted by Gasteiger charge is -2.06. The van der Waals surface area contributed by atoms with E-state index in [0.717, 1.165) is 21.6 Å². The molecule has 0 radical (unpaired) electrons. The van der Waals surface area contributed by atoms with Crippen LogP contribution in [-0.4, -0.2) is 5.16 Å². The van der Waals surface area contributed by atoms with E-state index in [-0.39, 0.29) is 0 Å². The van der Waals surface area contributed by atoms with Crippen LogP contribution in [0, 0.1) is 0 Å². The van der Waals surface area contributed by atoms with E-state index in [1.54, 1.807) is 6.20 Å². The summed E-state index contributed by atoms with van der Waals surface area (Å²) < 4.78 is 5.90. The number of nitrogens with two attached hydrogens (primary N) is 1. The zero-order valence-electron chi connectivity index (χ0n) is 7.90. The second-order valence-corrected chi connectivity index (χ2v) is 3.93. The van der Waals surface area contributed by atoms with E-state index in [4.69, 9.17) is 10.3 Å². The van der Waals surface area contributed by atoms with Crippen molar-refractivity contribution in [3.8, 4) is 0 Å². The van der Waals surface area contributed by atoms with Crippen molar-refractivity contribution in [2.45, 2.75) is 6.54 Å². The number of nitrogens with one attached hydrogen (secondary N) is 1. The van der Waals surface area contributed by atoms with Crippen molar-refractivity contribution in [2.24, 2.45) is 0 Å². The number of benzene rings is 1. The largest absolute Gasteiger partial charge is 0.399 e. The molecule has 0 spiro atoms. The highest BCUT2D eigenvalue weighted by Crippen LogP contribution is 2.24. The van der Waals surface area contributed by atoms with Gasteiger partial charge in [0.25, 0.3) is 0 Å². The van der Waals surface area contributed by atoms with Gasteiger partial charge < -0.3 is 15.6 Å². The van der Waals surface area contributed by atoms with E-state index in [1.165, 1.54) is 0 Å². The molecule has 0 aliphatic rings. The summed E-state index contributed by atoms with van der Waals surface area (Å²) >= 11 is 3.42. The highest BCUT2D eigenvalue weighted by atomic mass is 79.9. The summed E-state index contributed by atoms with van der Waals surface area (Å²) in [5, 5.41) is 6.83. The topological polar surface area (TPSA) is 64.1 Å². The van der Waals surface area contributed by atoms with Gasteiger partial charge in [0.1, 0.15) is 0 Å². The van der Waals surface area contributed by atoms with Gasteiger partial charge in [-0.1, -0.05) is 5.16 Å². The number of nitrogen functional groups attached to an aromatic ring is 1. The first-order valence-electron chi connectivity index (χ1n) is 4.44. The van der Waals surface area contributed by atoms with Crippen molar-refractivity contribution in [1.29, 1.82) is 0 Å². The number of hydrogen-bond acceptors (Lipinski definition) is 4. The first-order chi connectivity index (χ1) is 7.25. The molecule has 78 valence electrons. The molecular weight excluding hydrogens is 258 g/mol. The van der Waals surface area contributed by atoms with Crippen molar-refractivity contribution in [1.82, 2.24) is 5.16 Å². The molecule has 0 bridgehead atoms. The third kappa shape index (κ3) is 2.50. The Hall–Kier alpha value is -1.49. The molecular formula is C10H10BrN3O. The Morgan fingerprint density at radius 1 is 1.40 bits per heavy atom. The molecule has 5 heteroatoms. The first-order valence-corrected chi connectivity index (χ1v) is 5.23. The van der Waals surface area contributed by atoms with Crippen LogP contribution in [0.5, 0.6) is 0 Å². The van der Waals surface area contributed by atoms with Crippen LogP contribution in [0.1, 0.15) is 5.76 Å². The summed E-state index contributed by atoms with van der Waals surface area (Å²) in [5.41, 5.74) is 7.33. The van der Waals surface area contributed by atoms with Crippen molar-refractivity contribution in [3.63, 3.8) is 0 Å². The van der Waals surface area contributed by atoms with Gasteiger partial charge >= 0.3 is 0 Å². The fourth-order valence-electron chi connectivity index (χ4n) is 1.19. The molecule has 0 saturated carbocycles. The maximum atomic E-state index is 5.63. The van der Waals surface area contributed by atoms with Gasteiger partial charge in [-0.15, -0.1) is 0 Å². The molecule has 1 heterocycles. The SMILES string of the molecule is Nc1ccc(NCc2ccno2)c(Br)c1. The van der Waals surface area contributed by atoms with Gasteiger partial charge in [0.15, 0.2) is 5.76 Å². The first kappa shape index (κ1) is 10.0. The monoisotopic (exact) mass is 267 g/mol. The molecule has 0 atom stereocenters. The summed E-state index contributed by atoms with van der Waals surface area (Å²) in [4.78, 5) is 0. The molecule has 0 fully saturated rings. The quantitative estimate of drug-likeness (QED) is 0.840. The van der Waals surface area contributed by atoms with E-state index in [2.05, 4.69) is 26.4 Å². The third-order valence-corrected chi connectivity index (χ3v) is 2.59. The summed E-state index contributed by atoms with van der Waals surface area (Å²) in [6.45, 7) is 0.600. The average molecular weight is 268 g/mol. The Morgan fingerprint density at radius 3 is 2.93 bits per heavy atom. The molecule has 0 saturated heterocycles. The van der Waals surface area contributed by atoms with Gasteiger partial charge in [-0.25, -0.2) is 0 Å². The summed E-state index contributed by atoms with van der Waals surface area (Å²) in [6.07, 6.45) is 1.62. The Balaban J connectivity index is 2.05. The lowest BCUT2D eigenvalue weighted by Crippen LogP contribution is -1.99. The number of rotatable bonds is 3. The number of hydrogen-bond donors (Lipinski definition) is 2. The Morgan fingerprint density at radius 2 is 2.27 bits per heavy atom. The number of nitrogens with zero attached hydrogens (tertiary/aromatic N) is 1. The lowest BCUT2D eigenvalue weighted by atomic mass is 10.3. The van der Waals surface area contributed by atoms with E-state index >= 15 is 0 Å². The Bertz CT molecular complexity index is 442. The molecule has 0 aliphatic carbocycles. The Kier molecular flexibility index (Phi) is 2.91. The van der Waals surface area contributed by atoms with Crippen molar-refractivity contribution < 1.29 is 4.52 Å². The molecule has 3 N–H and O–H groups in total. The molecule has 15 heavy (non-hydrogen) atoms. The van der Waals surface area contributed by atoms with E-state index in [0.29, 0.717) is 6.54 Å². The van der Waals surface area contributed by atoms with Gasteiger partial charge in [0, 0.05) is 21.9 Å². The highest BCUT2D eigenvalue weighted by Gasteiger charge is 2.01. The maximum absolute atomic E-state index is 5.63. The summed E-state index contributed by atoms with van der Waals surface area (Å²) in [5.74, 6) is 0.790. The molecule has 0 aliphatic heterocycles. The predicted molar refractivity (Wildman–Crippen MR) is 62.4 cm³/mol. The van der Waals surface area contributed by atoms with Gasteiger partial charge in [-0.05, 0) is 34.1 Å². The van der Waals surface area contributed by atoms with E-state index in [1.807, 2.05) is 24.3 Å². The molecule has 2 aromatic rings. The fourth-order valence-corrected chi connectivity index (χ4v) is 1.73. The van der Waals surface area contributed by atoms with Crippen molar-refractivity contribution in [3.05, 3.63) is 40.7 Å². The van der Waals surface area contributed by atoms with Crippen LogP contribution in [0.2, 0.25) is 0 Å². The normalized spacial score (nSPS) is 10.2. The maximum Gasteiger partial charge on any atom is 0.155 e. The minimum atomic E-state index is 0.600. The van der Waals surface area contributed by atoms with Crippen LogP contribution in [0.15, 0.2) is 39.5 Å². The summed E-state index contributed by atoms with van der Waals surface area (Å²) in [6, 6.07) is 7.42. The molecule has 0 amide bonds. The molecule has 1 aromatic heterocycles. The predicted octanol–water partition coefficient (Wildman–Crippen LogP) is 2.63. The van der Waals surface area contributed by atoms with Crippen LogP contribution >= 0.6 is 15.9 Å². The van der Waals surface area contributed by atoms with E-state index < -0.39 is 0 Å². The smallest absolute Gasteiger partial charge is 0.155 e. The average Bonchev–Trinajstić information content (AvgIpc) is 2.69. The van der Waals surface area contributed by atoms with Crippen molar-refractivity contribution >= 4 is 27.3 Å². The molecule has 0 unspecified atom stereocenters. The zero-order valence-corrected chi connectivity index (χ0v) is 9.49. The molecule has 4 nitrogen and oxygen atoms in total. The number of anilines is 2. The summed E-state index contributed by atoms with van der Waals surface area (Å²) in [7, 11) is 0. The second-order valence-electron chi connectivity index (χ2n) is 3.07. The minimum Gasteiger partial charge on any atom is -0.399 e. The molecule has 2 rings (SSSR count). The number of halogens is 1. The fraction of sp³-hybridized carbons (Fsp3) is 0.100. The van der Waals surface area contributed by atoms with Crippen LogP contribution in [0.4, 0.5) is 11.4 Å². The molecule has 1 aromatic carbocycles. The standard InChI is InChI=1S/C10H10BrN3O/c11-9-5-7(12)1-2-10(9)13-6-8-3-4-14-15-8/h1-5,13H,6,12H2. The van der Waals surface area contributed by atoms with Crippen LogP contribution in [0.25, 0.3) is 0 Å². The van der Waals surface area contributed by atoms with Gasteiger partial charge in [-0.2, -0.15) is 0 Å². The van der Waals surface area contributed by atoms with Crippen molar-refractivity contribution in [2.75, 3.05) is 11.1 Å². The third-order valence-electron chi connectivity index (χ3n) is 1.94. The zero-order chi connectivity index (χ0) is 10.7. The van der Waals surface area contributed by atoms with Crippen LogP contribution < -0.4 is 11.1 Å². The minimum absolute atomic E-state index is 0.600. The van der Waals surface area contributed by atoms with Crippen LogP contribution in [0.3, 0.4) is 0 Å². The van der Waals surface area contributed by atoms with Gasteiger partial charge in [0.05, 0.1) is 12.7 Å². The Labute approximate surface area is 95.6 Å². The van der Waals surface area contributed by atoms with Gasteiger partial charge in [0.2, 0.25) is 0 Å². The number of aromatic nitrogens is 1. The second kappa shape index (κ2) is 4.35. The van der Waals surface area contributed by atoms with Gasteiger partial charge in [-0.3, -0.25) is 0 Å². The highest BCUT2D eigenvalue weighted by molar-refractivity contribution is 9.10.